The maximum absolute atomic E-state index is 10.8. The quantitative estimate of drug-likeness (QED) is 0.637. The van der Waals surface area contributed by atoms with Crippen molar-refractivity contribution in [2.45, 2.75) is 0 Å². The molecule has 90 valence electrons. The molecule has 18 heavy (non-hydrogen) atoms. The summed E-state index contributed by atoms with van der Waals surface area (Å²) in [4.78, 5) is 10.8. The van der Waals surface area contributed by atoms with Crippen LogP contribution in [0.5, 0.6) is 0 Å². The number of nitrogens with two attached hydrogens (primary N) is 1. The van der Waals surface area contributed by atoms with Crippen molar-refractivity contribution in [2.24, 2.45) is 10.2 Å². The normalized spacial score (nSPS) is 10.7. The van der Waals surface area contributed by atoms with Crippen molar-refractivity contribution < 1.29 is 9.90 Å². The third kappa shape index (κ3) is 2.91. The van der Waals surface area contributed by atoms with Crippen molar-refractivity contribution in [3.63, 3.8) is 0 Å². The highest BCUT2D eigenvalue weighted by Crippen LogP contribution is 2.20. The van der Waals surface area contributed by atoms with Gasteiger partial charge in [0, 0.05) is 5.69 Å². The molecule has 0 aliphatic heterocycles. The lowest BCUT2D eigenvalue weighted by Crippen LogP contribution is -1.94. The van der Waals surface area contributed by atoms with E-state index in [0.29, 0.717) is 17.1 Å². The fourth-order valence-electron chi connectivity index (χ4n) is 1.40. The van der Waals surface area contributed by atoms with E-state index in [1.54, 1.807) is 36.4 Å². The van der Waals surface area contributed by atoms with Crippen molar-refractivity contribution >= 4 is 23.0 Å². The Hall–Kier alpha value is -2.69. The highest BCUT2D eigenvalue weighted by molar-refractivity contribution is 5.88. The van der Waals surface area contributed by atoms with Crippen LogP contribution in [-0.2, 0) is 0 Å². The number of carboxylic acid groups (broad SMARTS) is 1. The van der Waals surface area contributed by atoms with Crippen LogP contribution in [0, 0.1) is 0 Å². The number of rotatable bonds is 3. The molecule has 0 aromatic heterocycles. The second-order valence-corrected chi connectivity index (χ2v) is 3.65. The summed E-state index contributed by atoms with van der Waals surface area (Å²) in [7, 11) is 0. The van der Waals surface area contributed by atoms with Gasteiger partial charge < -0.3 is 10.8 Å². The van der Waals surface area contributed by atoms with Gasteiger partial charge in [0.05, 0.1) is 16.9 Å². The molecular formula is C13H11N3O2. The van der Waals surface area contributed by atoms with E-state index in [1.165, 1.54) is 12.1 Å². The predicted octanol–water partition coefficient (Wildman–Crippen LogP) is 3.38. The number of carbonyl (C=O) groups is 1. The molecule has 0 radical (unpaired) electrons. The zero-order chi connectivity index (χ0) is 13.0. The monoisotopic (exact) mass is 241 g/mol. The van der Waals surface area contributed by atoms with Crippen molar-refractivity contribution in [1.29, 1.82) is 0 Å². The zero-order valence-corrected chi connectivity index (χ0v) is 9.45. The smallest absolute Gasteiger partial charge is 0.335 e. The van der Waals surface area contributed by atoms with Gasteiger partial charge in [-0.25, -0.2) is 4.79 Å². The van der Waals surface area contributed by atoms with Crippen molar-refractivity contribution in [3.8, 4) is 0 Å². The van der Waals surface area contributed by atoms with Gasteiger partial charge in [0.2, 0.25) is 0 Å². The van der Waals surface area contributed by atoms with Crippen LogP contribution in [0.1, 0.15) is 10.4 Å². The molecule has 5 heteroatoms. The average Bonchev–Trinajstić information content (AvgIpc) is 2.37. The van der Waals surface area contributed by atoms with Crippen LogP contribution in [0.2, 0.25) is 0 Å². The van der Waals surface area contributed by atoms with E-state index in [2.05, 4.69) is 10.2 Å². The van der Waals surface area contributed by atoms with Gasteiger partial charge in [0.25, 0.3) is 0 Å². The van der Waals surface area contributed by atoms with Gasteiger partial charge in [-0.3, -0.25) is 0 Å². The zero-order valence-electron chi connectivity index (χ0n) is 9.45. The number of anilines is 1. The summed E-state index contributed by atoms with van der Waals surface area (Å²) >= 11 is 0. The van der Waals surface area contributed by atoms with Crippen LogP contribution in [-0.4, -0.2) is 11.1 Å². The van der Waals surface area contributed by atoms with Gasteiger partial charge in [-0.2, -0.15) is 10.2 Å². The lowest BCUT2D eigenvalue weighted by Gasteiger charge is -1.97. The van der Waals surface area contributed by atoms with Crippen LogP contribution >= 0.6 is 0 Å². The van der Waals surface area contributed by atoms with Gasteiger partial charge in [0.1, 0.15) is 0 Å². The van der Waals surface area contributed by atoms with Gasteiger partial charge >= 0.3 is 5.97 Å². The first-order chi connectivity index (χ1) is 8.65. The Balaban J connectivity index is 2.23. The summed E-state index contributed by atoms with van der Waals surface area (Å²) in [5.74, 6) is -0.990. The first-order valence-electron chi connectivity index (χ1n) is 5.26. The number of hydrogen-bond acceptors (Lipinski definition) is 4. The molecule has 0 aliphatic rings. The fourth-order valence-corrected chi connectivity index (χ4v) is 1.40. The van der Waals surface area contributed by atoms with E-state index < -0.39 is 5.97 Å². The number of aromatic carboxylic acids is 1. The fraction of sp³-hybridized carbons (Fsp3) is 0. The topological polar surface area (TPSA) is 88.0 Å². The lowest BCUT2D eigenvalue weighted by molar-refractivity contribution is 0.0697. The molecule has 0 saturated heterocycles. The Morgan fingerprint density at radius 1 is 1.00 bits per heavy atom. The Morgan fingerprint density at radius 3 is 2.22 bits per heavy atom. The second kappa shape index (κ2) is 5.09. The molecule has 0 atom stereocenters. The van der Waals surface area contributed by atoms with E-state index >= 15 is 0 Å². The largest absolute Gasteiger partial charge is 0.478 e. The molecule has 0 aliphatic carbocycles. The maximum Gasteiger partial charge on any atom is 0.335 e. The molecule has 0 spiro atoms. The summed E-state index contributed by atoms with van der Waals surface area (Å²) in [6.45, 7) is 0. The van der Waals surface area contributed by atoms with Crippen molar-refractivity contribution in [1.82, 2.24) is 0 Å². The Labute approximate surface area is 104 Å². The molecule has 0 heterocycles. The van der Waals surface area contributed by atoms with Gasteiger partial charge in [-0.1, -0.05) is 12.1 Å². The van der Waals surface area contributed by atoms with Gasteiger partial charge in [0.15, 0.2) is 0 Å². The Morgan fingerprint density at radius 2 is 1.61 bits per heavy atom. The highest BCUT2D eigenvalue weighted by Gasteiger charge is 2.02. The molecule has 2 aromatic carbocycles. The lowest BCUT2D eigenvalue weighted by atomic mass is 10.2. The van der Waals surface area contributed by atoms with E-state index in [0.717, 1.165) is 0 Å². The van der Waals surface area contributed by atoms with E-state index in [1.807, 2.05) is 0 Å². The number of hydrogen-bond donors (Lipinski definition) is 2. The highest BCUT2D eigenvalue weighted by atomic mass is 16.4. The standard InChI is InChI=1S/C13H11N3O2/c14-10-4-2-6-12(8-10)16-15-11-5-1-3-9(7-11)13(17)18/h1-8H,14H2,(H,17,18). The third-order valence-electron chi connectivity index (χ3n) is 2.24. The first kappa shape index (κ1) is 11.8. The Bertz CT molecular complexity index is 609. The molecular weight excluding hydrogens is 230 g/mol. The van der Waals surface area contributed by atoms with Crippen molar-refractivity contribution in [2.75, 3.05) is 5.73 Å². The second-order valence-electron chi connectivity index (χ2n) is 3.65. The van der Waals surface area contributed by atoms with Crippen LogP contribution < -0.4 is 5.73 Å². The third-order valence-corrected chi connectivity index (χ3v) is 2.24. The summed E-state index contributed by atoms with van der Waals surface area (Å²) in [5.41, 5.74) is 7.50. The van der Waals surface area contributed by atoms with Crippen LogP contribution in [0.4, 0.5) is 17.1 Å². The molecule has 2 aromatic rings. The van der Waals surface area contributed by atoms with Gasteiger partial charge in [-0.15, -0.1) is 0 Å². The molecule has 3 N–H and O–H groups in total. The molecule has 2 rings (SSSR count). The number of azo groups is 1. The SMILES string of the molecule is Nc1cccc(N=Nc2cccc(C(=O)O)c2)c1. The average molecular weight is 241 g/mol. The summed E-state index contributed by atoms with van der Waals surface area (Å²) < 4.78 is 0. The number of carboxylic acids is 1. The number of benzene rings is 2. The first-order valence-corrected chi connectivity index (χ1v) is 5.26. The predicted molar refractivity (Wildman–Crippen MR) is 68.4 cm³/mol. The molecule has 0 amide bonds. The molecule has 0 fully saturated rings. The van der Waals surface area contributed by atoms with E-state index in [-0.39, 0.29) is 5.56 Å². The minimum absolute atomic E-state index is 0.180. The maximum atomic E-state index is 10.8. The van der Waals surface area contributed by atoms with Gasteiger partial charge in [-0.05, 0) is 36.4 Å². The number of nitrogens with zero attached hydrogens (tertiary/aromatic N) is 2. The molecule has 0 unspecified atom stereocenters. The van der Waals surface area contributed by atoms with E-state index in [9.17, 15) is 4.79 Å². The van der Waals surface area contributed by atoms with Crippen LogP contribution in [0.15, 0.2) is 58.8 Å². The molecule has 0 bridgehead atoms. The van der Waals surface area contributed by atoms with Crippen LogP contribution in [0.3, 0.4) is 0 Å². The van der Waals surface area contributed by atoms with Crippen molar-refractivity contribution in [3.05, 3.63) is 54.1 Å². The summed E-state index contributed by atoms with van der Waals surface area (Å²) in [6.07, 6.45) is 0. The summed E-state index contributed by atoms with van der Waals surface area (Å²) in [6, 6.07) is 13.2. The molecule has 5 nitrogen and oxygen atoms in total. The number of nitrogen functional groups attached to an aromatic ring is 1. The van der Waals surface area contributed by atoms with E-state index in [4.69, 9.17) is 10.8 Å². The van der Waals surface area contributed by atoms with Crippen LogP contribution in [0.25, 0.3) is 0 Å². The minimum Gasteiger partial charge on any atom is -0.478 e. The Kier molecular flexibility index (Phi) is 3.33. The molecule has 0 saturated carbocycles. The summed E-state index contributed by atoms with van der Waals surface area (Å²) in [5, 5.41) is 16.8. The minimum atomic E-state index is -0.990.